The maximum Gasteiger partial charge on any atom is 0.252 e. The van der Waals surface area contributed by atoms with Crippen molar-refractivity contribution in [3.05, 3.63) is 77.4 Å². The molecule has 1 heterocycles. The Labute approximate surface area is 230 Å². The predicted octanol–water partition coefficient (Wildman–Crippen LogP) is 3.90. The van der Waals surface area contributed by atoms with Crippen molar-refractivity contribution in [1.29, 1.82) is 0 Å². The molecule has 1 amide bonds. The first-order valence-corrected chi connectivity index (χ1v) is 15.6. The van der Waals surface area contributed by atoms with Crippen molar-refractivity contribution in [1.82, 2.24) is 10.2 Å². The van der Waals surface area contributed by atoms with Crippen molar-refractivity contribution in [3.8, 4) is 0 Å². The van der Waals surface area contributed by atoms with Gasteiger partial charge in [0.15, 0.2) is 15.9 Å². The number of fused-ring (bicyclic) bond motifs is 2. The molecule has 8 heteroatoms. The topological polar surface area (TPSA) is 107 Å². The number of aryl methyl sites for hydroxylation is 1. The molecule has 1 aliphatic carbocycles. The van der Waals surface area contributed by atoms with Crippen LogP contribution in [0.15, 0.2) is 65.6 Å². The second-order valence-electron chi connectivity index (χ2n) is 11.1. The highest BCUT2D eigenvalue weighted by atomic mass is 32.2. The van der Waals surface area contributed by atoms with Gasteiger partial charge in [-0.2, -0.15) is 0 Å². The van der Waals surface area contributed by atoms with Gasteiger partial charge in [0.05, 0.1) is 16.7 Å². The lowest BCUT2D eigenvalue weighted by Gasteiger charge is -2.34. The minimum absolute atomic E-state index is 0.0452. The van der Waals surface area contributed by atoms with Gasteiger partial charge in [-0.3, -0.25) is 9.69 Å². The molecule has 208 valence electrons. The normalized spacial score (nSPS) is 21.7. The second-order valence-corrected chi connectivity index (χ2v) is 13.1. The SMILES string of the molecule is CC1CCCCN1Cc1ccc2c(c1)CCC[C@H]2NC(=O)[C@H](O)[C@H](O)CS(=O)(=O)c1ccc2ccccc2c1. The predicted molar refractivity (Wildman–Crippen MR) is 152 cm³/mol. The molecule has 39 heavy (non-hydrogen) atoms. The van der Waals surface area contributed by atoms with Gasteiger partial charge in [-0.15, -0.1) is 0 Å². The molecule has 1 aliphatic heterocycles. The highest BCUT2D eigenvalue weighted by molar-refractivity contribution is 7.91. The summed E-state index contributed by atoms with van der Waals surface area (Å²) in [4.78, 5) is 15.5. The summed E-state index contributed by atoms with van der Waals surface area (Å²) in [6, 6.07) is 18.8. The van der Waals surface area contributed by atoms with E-state index in [2.05, 4.69) is 35.3 Å². The van der Waals surface area contributed by atoms with Crippen molar-refractivity contribution in [3.63, 3.8) is 0 Å². The Morgan fingerprint density at radius 2 is 1.79 bits per heavy atom. The van der Waals surface area contributed by atoms with Crippen molar-refractivity contribution >= 4 is 26.5 Å². The minimum Gasteiger partial charge on any atom is -0.389 e. The molecule has 3 aromatic carbocycles. The monoisotopic (exact) mass is 550 g/mol. The largest absolute Gasteiger partial charge is 0.389 e. The number of aliphatic hydroxyl groups is 2. The van der Waals surface area contributed by atoms with Crippen LogP contribution in [0.25, 0.3) is 10.8 Å². The summed E-state index contributed by atoms with van der Waals surface area (Å²) < 4.78 is 25.9. The fourth-order valence-electron chi connectivity index (χ4n) is 5.95. The Bertz CT molecular complexity index is 1440. The van der Waals surface area contributed by atoms with Crippen LogP contribution in [-0.4, -0.2) is 60.0 Å². The Balaban J connectivity index is 1.22. The maximum absolute atomic E-state index is 13.0. The van der Waals surface area contributed by atoms with Gasteiger partial charge in [0, 0.05) is 12.6 Å². The Morgan fingerprint density at radius 3 is 2.59 bits per heavy atom. The van der Waals surface area contributed by atoms with E-state index < -0.39 is 33.7 Å². The van der Waals surface area contributed by atoms with E-state index in [1.807, 2.05) is 24.3 Å². The van der Waals surface area contributed by atoms with Crippen molar-refractivity contribution in [2.24, 2.45) is 0 Å². The molecule has 7 nitrogen and oxygen atoms in total. The number of likely N-dealkylation sites (tertiary alicyclic amines) is 1. The average molecular weight is 551 g/mol. The van der Waals surface area contributed by atoms with Gasteiger partial charge in [0.25, 0.3) is 5.91 Å². The summed E-state index contributed by atoms with van der Waals surface area (Å²) in [5.41, 5.74) is 3.49. The third kappa shape index (κ3) is 6.35. The lowest BCUT2D eigenvalue weighted by atomic mass is 9.86. The zero-order valence-electron chi connectivity index (χ0n) is 22.4. The van der Waals surface area contributed by atoms with Crippen LogP contribution in [0.4, 0.5) is 0 Å². The van der Waals surface area contributed by atoms with E-state index >= 15 is 0 Å². The van der Waals surface area contributed by atoms with Crippen molar-refractivity contribution in [2.75, 3.05) is 12.3 Å². The van der Waals surface area contributed by atoms with E-state index in [1.54, 1.807) is 12.1 Å². The standard InChI is InChI=1S/C31H38N2O5S/c1-21-7-4-5-16-33(21)19-22-12-15-27-25(17-22)10-6-11-28(27)32-31(36)30(35)29(34)20-39(37,38)26-14-13-23-8-2-3-9-24(23)18-26/h2-3,8-9,12-15,17-18,21,28-30,34-35H,4-7,10-11,16,19-20H2,1H3,(H,32,36)/t21?,28-,29-,30-/m1/s1. The number of benzene rings is 3. The number of nitrogens with one attached hydrogen (secondary N) is 1. The van der Waals surface area contributed by atoms with Gasteiger partial charge >= 0.3 is 0 Å². The van der Waals surface area contributed by atoms with Crippen molar-refractivity contribution in [2.45, 2.75) is 81.2 Å². The minimum atomic E-state index is -3.93. The summed E-state index contributed by atoms with van der Waals surface area (Å²) >= 11 is 0. The summed E-state index contributed by atoms with van der Waals surface area (Å²) in [6.45, 7) is 4.33. The fourth-order valence-corrected chi connectivity index (χ4v) is 7.35. The molecule has 3 aromatic rings. The van der Waals surface area contributed by atoms with E-state index in [4.69, 9.17) is 0 Å². The van der Waals surface area contributed by atoms with E-state index in [0.717, 1.165) is 48.7 Å². The molecule has 0 spiro atoms. The number of carbonyl (C=O) groups is 1. The van der Waals surface area contributed by atoms with Gasteiger partial charge in [-0.05, 0) is 85.2 Å². The molecule has 5 rings (SSSR count). The quantitative estimate of drug-likeness (QED) is 0.393. The smallest absolute Gasteiger partial charge is 0.252 e. The van der Waals surface area contributed by atoms with Crippen LogP contribution >= 0.6 is 0 Å². The molecule has 0 radical (unpaired) electrons. The number of amides is 1. The summed E-state index contributed by atoms with van der Waals surface area (Å²) in [6.07, 6.45) is 2.71. The zero-order chi connectivity index (χ0) is 27.6. The molecule has 0 aromatic heterocycles. The molecule has 2 aliphatic rings. The Hall–Kier alpha value is -2.78. The number of nitrogens with zero attached hydrogens (tertiary/aromatic N) is 1. The maximum atomic E-state index is 13.0. The highest BCUT2D eigenvalue weighted by Gasteiger charge is 2.32. The Morgan fingerprint density at radius 1 is 1.00 bits per heavy atom. The second kappa shape index (κ2) is 11.8. The third-order valence-electron chi connectivity index (χ3n) is 8.27. The van der Waals surface area contributed by atoms with Crippen LogP contribution in [-0.2, 0) is 27.6 Å². The molecule has 0 saturated carbocycles. The van der Waals surface area contributed by atoms with E-state index in [1.165, 1.54) is 36.5 Å². The first-order valence-electron chi connectivity index (χ1n) is 13.9. The summed E-state index contributed by atoms with van der Waals surface area (Å²) in [7, 11) is -3.93. The number of carbonyl (C=O) groups excluding carboxylic acids is 1. The molecule has 1 fully saturated rings. The number of aliphatic hydroxyl groups excluding tert-OH is 2. The van der Waals surface area contributed by atoms with Gasteiger partial charge in [-0.1, -0.05) is 55.0 Å². The number of rotatable bonds is 8. The van der Waals surface area contributed by atoms with Crippen LogP contribution in [0.1, 0.15) is 61.8 Å². The zero-order valence-corrected chi connectivity index (χ0v) is 23.2. The van der Waals surface area contributed by atoms with E-state index in [0.29, 0.717) is 6.04 Å². The van der Waals surface area contributed by atoms with Crippen LogP contribution < -0.4 is 5.32 Å². The van der Waals surface area contributed by atoms with E-state index in [-0.39, 0.29) is 10.9 Å². The van der Waals surface area contributed by atoms with Gasteiger partial charge in [0.2, 0.25) is 0 Å². The highest BCUT2D eigenvalue weighted by Crippen LogP contribution is 2.31. The first kappa shape index (κ1) is 27.8. The third-order valence-corrected chi connectivity index (χ3v) is 10.0. The van der Waals surface area contributed by atoms with Crippen LogP contribution in [0, 0.1) is 0 Å². The molecule has 4 atom stereocenters. The lowest BCUT2D eigenvalue weighted by molar-refractivity contribution is -0.135. The van der Waals surface area contributed by atoms with E-state index in [9.17, 15) is 23.4 Å². The lowest BCUT2D eigenvalue weighted by Crippen LogP contribution is -2.46. The molecular formula is C31H38N2O5S. The van der Waals surface area contributed by atoms with Gasteiger partial charge in [0.1, 0.15) is 6.10 Å². The van der Waals surface area contributed by atoms with Crippen LogP contribution in [0.2, 0.25) is 0 Å². The summed E-state index contributed by atoms with van der Waals surface area (Å²) in [5.74, 6) is -1.51. The average Bonchev–Trinajstić information content (AvgIpc) is 2.93. The van der Waals surface area contributed by atoms with Gasteiger partial charge in [-0.25, -0.2) is 8.42 Å². The molecule has 3 N–H and O–H groups in total. The molecular weight excluding hydrogens is 512 g/mol. The number of hydrogen-bond donors (Lipinski definition) is 3. The number of hydrogen-bond acceptors (Lipinski definition) is 6. The van der Waals surface area contributed by atoms with Gasteiger partial charge < -0.3 is 15.5 Å². The fraction of sp³-hybridized carbons (Fsp3) is 0.452. The Kier molecular flexibility index (Phi) is 8.38. The van der Waals surface area contributed by atoms with Crippen molar-refractivity contribution < 1.29 is 23.4 Å². The van der Waals surface area contributed by atoms with Crippen LogP contribution in [0.3, 0.4) is 0 Å². The first-order chi connectivity index (χ1) is 18.7. The molecule has 1 unspecified atom stereocenters. The number of sulfone groups is 1. The summed E-state index contributed by atoms with van der Waals surface area (Å²) in [5, 5.41) is 25.6. The van der Waals surface area contributed by atoms with Crippen LogP contribution in [0.5, 0.6) is 0 Å². The number of piperidine rings is 1. The molecule has 0 bridgehead atoms. The molecule has 1 saturated heterocycles.